The van der Waals surface area contributed by atoms with Crippen LogP contribution in [0, 0.1) is 0 Å². The highest BCUT2D eigenvalue weighted by Gasteiger charge is 2.39. The first-order valence-electron chi connectivity index (χ1n) is 6.46. The third kappa shape index (κ3) is 1.84. The number of nitrogens with zero attached hydrogens (tertiary/aromatic N) is 2. The Hall–Kier alpha value is -2.08. The number of methoxy groups -OCH3 is 2. The number of benzene rings is 1. The van der Waals surface area contributed by atoms with Gasteiger partial charge in [-0.25, -0.2) is 0 Å². The molecule has 1 aromatic carbocycles. The molecule has 2 aliphatic heterocycles. The number of phenols is 1. The fraction of sp³-hybridized carbons (Fsp3) is 0.429. The summed E-state index contributed by atoms with van der Waals surface area (Å²) in [5.74, 6) is 0.0885. The van der Waals surface area contributed by atoms with Gasteiger partial charge in [-0.3, -0.25) is 9.79 Å². The van der Waals surface area contributed by atoms with E-state index in [1.165, 1.54) is 19.2 Å². The van der Waals surface area contributed by atoms with Crippen LogP contribution in [0.3, 0.4) is 0 Å². The largest absolute Gasteiger partial charge is 0.504 e. The number of aromatic hydroxyl groups is 1. The minimum Gasteiger partial charge on any atom is -0.504 e. The molecule has 3 rings (SSSR count). The molecular weight excluding hydrogens is 260 g/mol. The standard InChI is InChI=1S/C14H16N2O4/c1-19-12-5-9-10(6-11(12)17)15-7-8-3-4-13(20-2)16(8)14(9)18/h5-8,13,17H,3-4H2,1-2H3/t8-,13-/m0/s1. The molecule has 1 saturated heterocycles. The molecule has 0 bridgehead atoms. The van der Waals surface area contributed by atoms with Gasteiger partial charge in [-0.05, 0) is 18.9 Å². The van der Waals surface area contributed by atoms with E-state index in [0.717, 1.165) is 12.8 Å². The molecule has 1 N–H and O–H groups in total. The summed E-state index contributed by atoms with van der Waals surface area (Å²) in [4.78, 5) is 18.7. The Labute approximate surface area is 116 Å². The van der Waals surface area contributed by atoms with Gasteiger partial charge in [-0.15, -0.1) is 0 Å². The molecule has 0 unspecified atom stereocenters. The van der Waals surface area contributed by atoms with Gasteiger partial charge in [0.15, 0.2) is 11.5 Å². The summed E-state index contributed by atoms with van der Waals surface area (Å²) >= 11 is 0. The van der Waals surface area contributed by atoms with E-state index in [4.69, 9.17) is 9.47 Å². The second kappa shape index (κ2) is 4.79. The van der Waals surface area contributed by atoms with E-state index in [-0.39, 0.29) is 29.7 Å². The number of carbonyl (C=O) groups excluding carboxylic acids is 1. The zero-order valence-electron chi connectivity index (χ0n) is 11.4. The van der Waals surface area contributed by atoms with Crippen LogP contribution in [0.5, 0.6) is 11.5 Å². The van der Waals surface area contributed by atoms with Crippen molar-refractivity contribution in [1.29, 1.82) is 0 Å². The van der Waals surface area contributed by atoms with Crippen LogP contribution in [0.1, 0.15) is 23.2 Å². The van der Waals surface area contributed by atoms with Gasteiger partial charge in [0.05, 0.1) is 24.4 Å². The van der Waals surface area contributed by atoms with Gasteiger partial charge < -0.3 is 19.5 Å². The minimum atomic E-state index is -0.232. The fourth-order valence-corrected chi connectivity index (χ4v) is 2.77. The molecule has 6 heteroatoms. The van der Waals surface area contributed by atoms with Crippen molar-refractivity contribution < 1.29 is 19.4 Å². The third-order valence-electron chi connectivity index (χ3n) is 3.80. The highest BCUT2D eigenvalue weighted by atomic mass is 16.5. The molecule has 2 heterocycles. The molecule has 1 fully saturated rings. The van der Waals surface area contributed by atoms with Crippen LogP contribution in [0.4, 0.5) is 5.69 Å². The molecule has 0 aromatic heterocycles. The Balaban J connectivity index is 2.09. The maximum atomic E-state index is 12.7. The maximum Gasteiger partial charge on any atom is 0.258 e. The maximum absolute atomic E-state index is 12.7. The molecule has 106 valence electrons. The van der Waals surface area contributed by atoms with E-state index in [1.54, 1.807) is 18.2 Å². The lowest BCUT2D eigenvalue weighted by atomic mass is 10.1. The van der Waals surface area contributed by atoms with Gasteiger partial charge in [0.1, 0.15) is 6.23 Å². The van der Waals surface area contributed by atoms with Gasteiger partial charge in [-0.2, -0.15) is 0 Å². The fourth-order valence-electron chi connectivity index (χ4n) is 2.77. The van der Waals surface area contributed by atoms with Crippen molar-refractivity contribution in [3.8, 4) is 11.5 Å². The minimum absolute atomic E-state index is 0.0263. The quantitative estimate of drug-likeness (QED) is 0.892. The lowest BCUT2D eigenvalue weighted by molar-refractivity contribution is -0.00271. The van der Waals surface area contributed by atoms with Crippen molar-refractivity contribution in [2.45, 2.75) is 25.1 Å². The zero-order chi connectivity index (χ0) is 14.3. The van der Waals surface area contributed by atoms with E-state index in [2.05, 4.69) is 4.99 Å². The number of hydrogen-bond acceptors (Lipinski definition) is 5. The van der Waals surface area contributed by atoms with Gasteiger partial charge >= 0.3 is 0 Å². The predicted octanol–water partition coefficient (Wildman–Crippen LogP) is 1.69. The van der Waals surface area contributed by atoms with E-state index >= 15 is 0 Å². The highest BCUT2D eigenvalue weighted by molar-refractivity contribution is 6.03. The SMILES string of the molecule is COc1cc2c(cc1O)N=C[C@@H]1CC[C@H](OC)N1C2=O. The number of hydrogen-bond donors (Lipinski definition) is 1. The highest BCUT2D eigenvalue weighted by Crippen LogP contribution is 2.38. The first-order chi connectivity index (χ1) is 9.65. The smallest absolute Gasteiger partial charge is 0.258 e. The van der Waals surface area contributed by atoms with Gasteiger partial charge in [0.25, 0.3) is 5.91 Å². The lowest BCUT2D eigenvalue weighted by Crippen LogP contribution is -2.42. The van der Waals surface area contributed by atoms with Crippen molar-refractivity contribution in [3.63, 3.8) is 0 Å². The van der Waals surface area contributed by atoms with Crippen molar-refractivity contribution in [2.24, 2.45) is 4.99 Å². The molecular formula is C14H16N2O4. The molecule has 0 radical (unpaired) electrons. The van der Waals surface area contributed by atoms with Crippen LogP contribution >= 0.6 is 0 Å². The van der Waals surface area contributed by atoms with E-state index in [9.17, 15) is 9.90 Å². The van der Waals surface area contributed by atoms with Crippen molar-refractivity contribution in [2.75, 3.05) is 14.2 Å². The molecule has 1 amide bonds. The number of fused-ring (bicyclic) bond motifs is 2. The number of carbonyl (C=O) groups is 1. The molecule has 6 nitrogen and oxygen atoms in total. The number of phenolic OH excluding ortho intramolecular Hbond substituents is 1. The zero-order valence-corrected chi connectivity index (χ0v) is 11.4. The van der Waals surface area contributed by atoms with Crippen LogP contribution in [-0.2, 0) is 4.74 Å². The normalized spacial score (nSPS) is 24.3. The molecule has 1 aromatic rings. The molecule has 0 spiro atoms. The predicted molar refractivity (Wildman–Crippen MR) is 72.8 cm³/mol. The summed E-state index contributed by atoms with van der Waals surface area (Å²) < 4.78 is 10.4. The second-order valence-corrected chi connectivity index (χ2v) is 4.87. The monoisotopic (exact) mass is 276 g/mol. The Morgan fingerprint density at radius 3 is 2.85 bits per heavy atom. The molecule has 20 heavy (non-hydrogen) atoms. The summed E-state index contributed by atoms with van der Waals surface area (Å²) in [5, 5.41) is 9.80. The number of ether oxygens (including phenoxy) is 2. The Kier molecular flexibility index (Phi) is 3.10. The van der Waals surface area contributed by atoms with Crippen LogP contribution in [0.15, 0.2) is 17.1 Å². The Morgan fingerprint density at radius 1 is 1.35 bits per heavy atom. The van der Waals surface area contributed by atoms with Gasteiger partial charge in [0.2, 0.25) is 0 Å². The molecule has 2 atom stereocenters. The Morgan fingerprint density at radius 2 is 2.15 bits per heavy atom. The van der Waals surface area contributed by atoms with Crippen LogP contribution < -0.4 is 4.74 Å². The average molecular weight is 276 g/mol. The van der Waals surface area contributed by atoms with Crippen LogP contribution in [-0.4, -0.2) is 48.6 Å². The van der Waals surface area contributed by atoms with Crippen molar-refractivity contribution in [3.05, 3.63) is 17.7 Å². The van der Waals surface area contributed by atoms with Gasteiger partial charge in [0, 0.05) is 19.4 Å². The number of rotatable bonds is 2. The summed E-state index contributed by atoms with van der Waals surface area (Å²) in [6.45, 7) is 0. The molecule has 2 aliphatic rings. The number of aliphatic imine (C=N–C) groups is 1. The van der Waals surface area contributed by atoms with Crippen molar-refractivity contribution in [1.82, 2.24) is 4.90 Å². The van der Waals surface area contributed by atoms with Crippen LogP contribution in [0.2, 0.25) is 0 Å². The third-order valence-corrected chi connectivity index (χ3v) is 3.80. The lowest BCUT2D eigenvalue weighted by Gasteiger charge is -2.26. The second-order valence-electron chi connectivity index (χ2n) is 4.87. The van der Waals surface area contributed by atoms with Gasteiger partial charge in [-0.1, -0.05) is 0 Å². The molecule has 0 aliphatic carbocycles. The summed E-state index contributed by atoms with van der Waals surface area (Å²) in [5.41, 5.74) is 0.875. The molecule has 0 saturated carbocycles. The van der Waals surface area contributed by atoms with E-state index in [0.29, 0.717) is 11.3 Å². The van der Waals surface area contributed by atoms with Crippen molar-refractivity contribution >= 4 is 17.8 Å². The first kappa shape index (κ1) is 12.9. The van der Waals surface area contributed by atoms with E-state index in [1.807, 2.05) is 0 Å². The first-order valence-corrected chi connectivity index (χ1v) is 6.46. The van der Waals surface area contributed by atoms with E-state index < -0.39 is 0 Å². The summed E-state index contributed by atoms with van der Waals surface area (Å²) in [7, 11) is 3.04. The summed E-state index contributed by atoms with van der Waals surface area (Å²) in [6, 6.07) is 2.91. The summed E-state index contributed by atoms with van der Waals surface area (Å²) in [6.07, 6.45) is 3.13. The average Bonchev–Trinajstić information content (AvgIpc) is 2.81. The van der Waals surface area contributed by atoms with Crippen LogP contribution in [0.25, 0.3) is 0 Å². The Bertz CT molecular complexity index is 585. The number of amides is 1. The topological polar surface area (TPSA) is 71.4 Å².